The van der Waals surface area contributed by atoms with Crippen LogP contribution in [-0.2, 0) is 0 Å². The van der Waals surface area contributed by atoms with Crippen LogP contribution in [0.15, 0.2) is 91.5 Å². The van der Waals surface area contributed by atoms with Crippen molar-refractivity contribution in [2.45, 2.75) is 0 Å². The zero-order chi connectivity index (χ0) is 19.2. The van der Waals surface area contributed by atoms with E-state index < -0.39 is 0 Å². The van der Waals surface area contributed by atoms with E-state index in [1.54, 1.807) is 72.8 Å². The van der Waals surface area contributed by atoms with E-state index in [1.807, 2.05) is 12.1 Å². The molecule has 27 heavy (non-hydrogen) atoms. The Bertz CT molecular complexity index is 968. The Labute approximate surface area is 163 Å². The number of benzene rings is 3. The Balaban J connectivity index is 2.09. The van der Waals surface area contributed by atoms with Crippen LogP contribution in [0, 0.1) is 0 Å². The average Bonchev–Trinajstić information content (AvgIpc) is 2.72. The minimum Gasteiger partial charge on any atom is -0.304 e. The SMILES string of the molecule is C=CCN(C(=O)c1ccccc1)c1ccc(Cl)cc1C(=O)c1ccccc1. The Hall–Kier alpha value is -3.17. The molecule has 3 nitrogen and oxygen atoms in total. The van der Waals surface area contributed by atoms with Gasteiger partial charge >= 0.3 is 0 Å². The number of ketones is 1. The van der Waals surface area contributed by atoms with Gasteiger partial charge in [-0.3, -0.25) is 9.59 Å². The number of nitrogens with zero attached hydrogens (tertiary/aromatic N) is 1. The molecule has 0 spiro atoms. The van der Waals surface area contributed by atoms with Crippen molar-refractivity contribution in [3.05, 3.63) is 113 Å². The van der Waals surface area contributed by atoms with Crippen molar-refractivity contribution in [3.63, 3.8) is 0 Å². The van der Waals surface area contributed by atoms with Gasteiger partial charge in [-0.05, 0) is 30.3 Å². The summed E-state index contributed by atoms with van der Waals surface area (Å²) in [5.74, 6) is -0.400. The van der Waals surface area contributed by atoms with Crippen LogP contribution in [0.3, 0.4) is 0 Å². The second kappa shape index (κ2) is 8.47. The highest BCUT2D eigenvalue weighted by Gasteiger charge is 2.23. The number of amides is 1. The van der Waals surface area contributed by atoms with E-state index in [1.165, 1.54) is 4.90 Å². The van der Waals surface area contributed by atoms with E-state index in [4.69, 9.17) is 11.6 Å². The molecule has 3 rings (SSSR count). The maximum absolute atomic E-state index is 13.1. The lowest BCUT2D eigenvalue weighted by Gasteiger charge is -2.24. The molecule has 0 radical (unpaired) electrons. The van der Waals surface area contributed by atoms with Gasteiger partial charge in [0, 0.05) is 28.3 Å². The van der Waals surface area contributed by atoms with Gasteiger partial charge in [0.25, 0.3) is 5.91 Å². The minimum absolute atomic E-state index is 0.192. The van der Waals surface area contributed by atoms with Gasteiger partial charge in [0.05, 0.1) is 5.69 Å². The van der Waals surface area contributed by atoms with Crippen LogP contribution in [0.2, 0.25) is 5.02 Å². The largest absolute Gasteiger partial charge is 0.304 e. The van der Waals surface area contributed by atoms with Crippen molar-refractivity contribution < 1.29 is 9.59 Å². The molecule has 1 amide bonds. The molecule has 0 saturated carbocycles. The van der Waals surface area contributed by atoms with Gasteiger partial charge in [-0.15, -0.1) is 6.58 Å². The van der Waals surface area contributed by atoms with Gasteiger partial charge in [-0.1, -0.05) is 66.2 Å². The summed E-state index contributed by atoms with van der Waals surface area (Å²) in [5, 5.41) is 0.434. The molecule has 0 fully saturated rings. The van der Waals surface area contributed by atoms with Crippen molar-refractivity contribution in [1.29, 1.82) is 0 Å². The summed E-state index contributed by atoms with van der Waals surface area (Å²) in [4.78, 5) is 27.7. The van der Waals surface area contributed by atoms with E-state index in [2.05, 4.69) is 6.58 Å². The lowest BCUT2D eigenvalue weighted by Crippen LogP contribution is -2.32. The zero-order valence-electron chi connectivity index (χ0n) is 14.6. The van der Waals surface area contributed by atoms with E-state index in [-0.39, 0.29) is 18.2 Å². The highest BCUT2D eigenvalue weighted by Crippen LogP contribution is 2.28. The summed E-state index contributed by atoms with van der Waals surface area (Å²) < 4.78 is 0. The molecular formula is C23H18ClNO2. The number of rotatable bonds is 6. The quantitative estimate of drug-likeness (QED) is 0.427. The number of hydrogen-bond acceptors (Lipinski definition) is 2. The molecule has 0 atom stereocenters. The number of carbonyl (C=O) groups is 2. The first-order valence-electron chi connectivity index (χ1n) is 8.49. The van der Waals surface area contributed by atoms with E-state index in [9.17, 15) is 9.59 Å². The molecule has 0 aliphatic carbocycles. The molecule has 0 saturated heterocycles. The molecule has 0 aliphatic heterocycles. The highest BCUT2D eigenvalue weighted by atomic mass is 35.5. The van der Waals surface area contributed by atoms with Crippen LogP contribution in [0.4, 0.5) is 5.69 Å². The van der Waals surface area contributed by atoms with Gasteiger partial charge < -0.3 is 4.90 Å². The number of anilines is 1. The molecule has 0 unspecified atom stereocenters. The summed E-state index contributed by atoms with van der Waals surface area (Å²) in [7, 11) is 0. The fourth-order valence-electron chi connectivity index (χ4n) is 2.83. The Morgan fingerprint density at radius 1 is 0.889 bits per heavy atom. The predicted molar refractivity (Wildman–Crippen MR) is 110 cm³/mol. The first-order valence-corrected chi connectivity index (χ1v) is 8.86. The van der Waals surface area contributed by atoms with Crippen molar-refractivity contribution in [2.75, 3.05) is 11.4 Å². The standard InChI is InChI=1S/C23H18ClNO2/c1-2-15-25(23(27)18-11-7-4-8-12-18)21-14-13-19(24)16-20(21)22(26)17-9-5-3-6-10-17/h2-14,16H,1,15H2. The van der Waals surface area contributed by atoms with Crippen LogP contribution in [0.25, 0.3) is 0 Å². The molecule has 4 heteroatoms. The molecule has 0 heterocycles. The highest BCUT2D eigenvalue weighted by molar-refractivity contribution is 6.31. The maximum atomic E-state index is 13.1. The maximum Gasteiger partial charge on any atom is 0.258 e. The fourth-order valence-corrected chi connectivity index (χ4v) is 3.00. The molecule has 134 valence electrons. The summed E-state index contributed by atoms with van der Waals surface area (Å²) in [6.45, 7) is 4.02. The predicted octanol–water partition coefficient (Wildman–Crippen LogP) is 5.40. The lowest BCUT2D eigenvalue weighted by atomic mass is 10.0. The normalized spacial score (nSPS) is 10.3. The first kappa shape index (κ1) is 18.6. The van der Waals surface area contributed by atoms with E-state index >= 15 is 0 Å². The Kier molecular flexibility index (Phi) is 5.84. The van der Waals surface area contributed by atoms with Crippen molar-refractivity contribution in [3.8, 4) is 0 Å². The molecular weight excluding hydrogens is 358 g/mol. The van der Waals surface area contributed by atoms with Crippen molar-refractivity contribution in [1.82, 2.24) is 0 Å². The van der Waals surface area contributed by atoms with Crippen molar-refractivity contribution >= 4 is 29.0 Å². The van der Waals surface area contributed by atoms with Crippen LogP contribution < -0.4 is 4.90 Å². The van der Waals surface area contributed by atoms with Gasteiger partial charge in [-0.25, -0.2) is 0 Å². The number of carbonyl (C=O) groups excluding carboxylic acids is 2. The third-order valence-electron chi connectivity index (χ3n) is 4.11. The third-order valence-corrected chi connectivity index (χ3v) is 4.34. The topological polar surface area (TPSA) is 37.4 Å². The fraction of sp³-hybridized carbons (Fsp3) is 0.0435. The summed E-state index contributed by atoms with van der Waals surface area (Å²) >= 11 is 6.15. The third kappa shape index (κ3) is 4.15. The van der Waals surface area contributed by atoms with E-state index in [0.717, 1.165) is 0 Å². The second-order valence-corrected chi connectivity index (χ2v) is 6.36. The number of halogens is 1. The minimum atomic E-state index is -0.208. The lowest BCUT2D eigenvalue weighted by molar-refractivity contribution is 0.0989. The molecule has 0 aliphatic rings. The van der Waals surface area contributed by atoms with Gasteiger partial charge in [0.2, 0.25) is 0 Å². The first-order chi connectivity index (χ1) is 13.1. The summed E-state index contributed by atoms with van der Waals surface area (Å²) in [5.41, 5.74) is 1.95. The molecule has 0 N–H and O–H groups in total. The summed E-state index contributed by atoms with van der Waals surface area (Å²) in [6, 6.07) is 22.8. The van der Waals surface area contributed by atoms with Crippen LogP contribution >= 0.6 is 11.6 Å². The number of hydrogen-bond donors (Lipinski definition) is 0. The van der Waals surface area contributed by atoms with Crippen LogP contribution in [0.1, 0.15) is 26.3 Å². The Morgan fingerprint density at radius 2 is 1.48 bits per heavy atom. The summed E-state index contributed by atoms with van der Waals surface area (Å²) in [6.07, 6.45) is 1.63. The molecule has 3 aromatic carbocycles. The second-order valence-electron chi connectivity index (χ2n) is 5.93. The monoisotopic (exact) mass is 375 g/mol. The molecule has 3 aromatic rings. The molecule has 0 aromatic heterocycles. The smallest absolute Gasteiger partial charge is 0.258 e. The Morgan fingerprint density at radius 3 is 2.07 bits per heavy atom. The van der Waals surface area contributed by atoms with E-state index in [0.29, 0.717) is 27.4 Å². The van der Waals surface area contributed by atoms with Gasteiger partial charge in [-0.2, -0.15) is 0 Å². The van der Waals surface area contributed by atoms with Crippen LogP contribution in [-0.4, -0.2) is 18.2 Å². The van der Waals surface area contributed by atoms with Crippen LogP contribution in [0.5, 0.6) is 0 Å². The molecule has 0 bridgehead atoms. The van der Waals surface area contributed by atoms with Gasteiger partial charge in [0.1, 0.15) is 0 Å². The average molecular weight is 376 g/mol. The zero-order valence-corrected chi connectivity index (χ0v) is 15.4. The van der Waals surface area contributed by atoms with Crippen molar-refractivity contribution in [2.24, 2.45) is 0 Å². The van der Waals surface area contributed by atoms with Gasteiger partial charge in [0.15, 0.2) is 5.78 Å².